The summed E-state index contributed by atoms with van der Waals surface area (Å²) in [5.41, 5.74) is -0.295. The average molecular weight is 239 g/mol. The molecule has 3 aliphatic carbocycles. The second-order valence-corrected chi connectivity index (χ2v) is 5.45. The summed E-state index contributed by atoms with van der Waals surface area (Å²) in [6, 6.07) is 0. The molecule has 4 heteroatoms. The first-order valence-corrected chi connectivity index (χ1v) is 6.45. The maximum absolute atomic E-state index is 11.8. The normalized spacial score (nSPS) is 35.4. The Morgan fingerprint density at radius 3 is 2.06 bits per heavy atom. The Hall–Kier alpha value is -1.06. The molecular weight excluding hydrogens is 218 g/mol. The molecule has 0 atom stereocenters. The van der Waals surface area contributed by atoms with Gasteiger partial charge in [-0.25, -0.2) is 0 Å². The summed E-state index contributed by atoms with van der Waals surface area (Å²) in [4.78, 5) is 23.3. The van der Waals surface area contributed by atoms with Crippen molar-refractivity contribution in [3.8, 4) is 0 Å². The van der Waals surface area contributed by atoms with E-state index in [1.165, 1.54) is 7.11 Å². The maximum Gasteiger partial charge on any atom is 0.311 e. The van der Waals surface area contributed by atoms with Gasteiger partial charge in [-0.3, -0.25) is 9.59 Å². The molecule has 0 radical (unpaired) electrons. The molecule has 3 aliphatic rings. The number of amides is 1. The van der Waals surface area contributed by atoms with Crippen LogP contribution in [0.1, 0.15) is 51.9 Å². The molecule has 0 aliphatic heterocycles. The molecular formula is C13H21NO3. The standard InChI is InChI=1S/C13H21NO3/c1-3-10(15)14-13-7-4-12(5-8-13,6-9-13)11(16)17-2/h3-9H2,1-2H3,(H,14,15). The van der Waals surface area contributed by atoms with Gasteiger partial charge in [0.25, 0.3) is 0 Å². The van der Waals surface area contributed by atoms with Crippen LogP contribution in [-0.4, -0.2) is 24.5 Å². The minimum absolute atomic E-state index is 0.0388. The van der Waals surface area contributed by atoms with Crippen molar-refractivity contribution in [3.05, 3.63) is 0 Å². The van der Waals surface area contributed by atoms with Gasteiger partial charge in [-0.2, -0.15) is 0 Å². The van der Waals surface area contributed by atoms with Crippen LogP contribution >= 0.6 is 0 Å². The van der Waals surface area contributed by atoms with Gasteiger partial charge in [-0.15, -0.1) is 0 Å². The highest BCUT2D eigenvalue weighted by molar-refractivity contribution is 5.78. The van der Waals surface area contributed by atoms with E-state index in [-0.39, 0.29) is 22.8 Å². The van der Waals surface area contributed by atoms with Gasteiger partial charge in [0.05, 0.1) is 12.5 Å². The van der Waals surface area contributed by atoms with Crippen LogP contribution in [0.2, 0.25) is 0 Å². The first-order valence-electron chi connectivity index (χ1n) is 6.45. The van der Waals surface area contributed by atoms with Gasteiger partial charge in [0.15, 0.2) is 0 Å². The van der Waals surface area contributed by atoms with Crippen molar-refractivity contribution in [2.45, 2.75) is 57.4 Å². The fraction of sp³-hybridized carbons (Fsp3) is 0.846. The number of fused-ring (bicyclic) bond motifs is 3. The number of nitrogens with one attached hydrogen (secondary N) is 1. The number of carbonyl (C=O) groups excluding carboxylic acids is 2. The van der Waals surface area contributed by atoms with Crippen LogP contribution in [-0.2, 0) is 14.3 Å². The minimum Gasteiger partial charge on any atom is -0.469 e. The molecule has 3 saturated carbocycles. The predicted octanol–water partition coefficient (Wildman–Crippen LogP) is 1.78. The Morgan fingerprint density at radius 2 is 1.65 bits per heavy atom. The van der Waals surface area contributed by atoms with Gasteiger partial charge in [-0.05, 0) is 38.5 Å². The van der Waals surface area contributed by atoms with E-state index in [4.69, 9.17) is 4.74 Å². The van der Waals surface area contributed by atoms with Gasteiger partial charge in [0.1, 0.15) is 0 Å². The average Bonchev–Trinajstić information content (AvgIpc) is 2.39. The lowest BCUT2D eigenvalue weighted by Gasteiger charge is -2.52. The SMILES string of the molecule is CCC(=O)NC12CCC(C(=O)OC)(CC1)CC2. The third-order valence-corrected chi connectivity index (χ3v) is 4.59. The Morgan fingerprint density at radius 1 is 1.12 bits per heavy atom. The molecule has 0 aromatic rings. The summed E-state index contributed by atoms with van der Waals surface area (Å²) in [6.07, 6.45) is 5.82. The van der Waals surface area contributed by atoms with E-state index in [2.05, 4.69) is 5.32 Å². The fourth-order valence-corrected chi connectivity index (χ4v) is 3.28. The van der Waals surface area contributed by atoms with Crippen molar-refractivity contribution in [1.29, 1.82) is 0 Å². The van der Waals surface area contributed by atoms with Gasteiger partial charge < -0.3 is 10.1 Å². The molecule has 1 amide bonds. The zero-order valence-electron chi connectivity index (χ0n) is 10.7. The molecule has 3 rings (SSSR count). The van der Waals surface area contributed by atoms with Crippen LogP contribution in [0.4, 0.5) is 0 Å². The molecule has 3 fully saturated rings. The van der Waals surface area contributed by atoms with E-state index in [1.807, 2.05) is 6.92 Å². The van der Waals surface area contributed by atoms with Crippen molar-refractivity contribution in [2.24, 2.45) is 5.41 Å². The summed E-state index contributed by atoms with van der Waals surface area (Å²) in [5, 5.41) is 3.15. The molecule has 1 N–H and O–H groups in total. The molecule has 0 aromatic carbocycles. The lowest BCUT2D eigenvalue weighted by atomic mass is 9.57. The number of ether oxygens (including phenoxy) is 1. The third-order valence-electron chi connectivity index (χ3n) is 4.59. The Bertz CT molecular complexity index is 313. The molecule has 0 aromatic heterocycles. The molecule has 96 valence electrons. The summed E-state index contributed by atoms with van der Waals surface area (Å²) in [6.45, 7) is 1.87. The van der Waals surface area contributed by atoms with Crippen LogP contribution < -0.4 is 5.32 Å². The van der Waals surface area contributed by atoms with Gasteiger partial charge >= 0.3 is 5.97 Å². The number of esters is 1. The van der Waals surface area contributed by atoms with Crippen LogP contribution in [0.5, 0.6) is 0 Å². The van der Waals surface area contributed by atoms with Crippen molar-refractivity contribution >= 4 is 11.9 Å². The van der Waals surface area contributed by atoms with Crippen molar-refractivity contribution in [2.75, 3.05) is 7.11 Å². The van der Waals surface area contributed by atoms with Crippen LogP contribution in [0.3, 0.4) is 0 Å². The van der Waals surface area contributed by atoms with E-state index < -0.39 is 0 Å². The van der Waals surface area contributed by atoms with Crippen LogP contribution in [0, 0.1) is 5.41 Å². The summed E-state index contributed by atoms with van der Waals surface area (Å²) in [5.74, 6) is 0.0603. The van der Waals surface area contributed by atoms with E-state index >= 15 is 0 Å². The highest BCUT2D eigenvalue weighted by Gasteiger charge is 2.53. The monoisotopic (exact) mass is 239 g/mol. The smallest absolute Gasteiger partial charge is 0.311 e. The number of rotatable bonds is 3. The Kier molecular flexibility index (Phi) is 3.15. The zero-order chi connectivity index (χ0) is 12.5. The van der Waals surface area contributed by atoms with Gasteiger partial charge in [0.2, 0.25) is 5.91 Å². The third kappa shape index (κ3) is 2.05. The number of hydrogen-bond donors (Lipinski definition) is 1. The predicted molar refractivity (Wildman–Crippen MR) is 63.3 cm³/mol. The number of carbonyl (C=O) groups is 2. The molecule has 0 spiro atoms. The first-order chi connectivity index (χ1) is 8.06. The number of hydrogen-bond acceptors (Lipinski definition) is 3. The molecule has 17 heavy (non-hydrogen) atoms. The molecule has 4 nitrogen and oxygen atoms in total. The lowest BCUT2D eigenvalue weighted by Crippen LogP contribution is -2.58. The van der Waals surface area contributed by atoms with E-state index in [9.17, 15) is 9.59 Å². The Labute approximate surface area is 102 Å². The summed E-state index contributed by atoms with van der Waals surface area (Å²) < 4.78 is 4.92. The second kappa shape index (κ2) is 4.31. The largest absolute Gasteiger partial charge is 0.469 e. The lowest BCUT2D eigenvalue weighted by molar-refractivity contribution is -0.160. The fourth-order valence-electron chi connectivity index (χ4n) is 3.28. The van der Waals surface area contributed by atoms with Crippen molar-refractivity contribution in [3.63, 3.8) is 0 Å². The van der Waals surface area contributed by atoms with E-state index in [0.29, 0.717) is 6.42 Å². The number of methoxy groups -OCH3 is 1. The van der Waals surface area contributed by atoms with Crippen molar-refractivity contribution < 1.29 is 14.3 Å². The first kappa shape index (κ1) is 12.4. The molecule has 0 unspecified atom stereocenters. The Balaban J connectivity index is 2.04. The highest BCUT2D eigenvalue weighted by atomic mass is 16.5. The van der Waals surface area contributed by atoms with E-state index in [0.717, 1.165) is 38.5 Å². The topological polar surface area (TPSA) is 55.4 Å². The van der Waals surface area contributed by atoms with E-state index in [1.54, 1.807) is 0 Å². The molecule has 2 bridgehead atoms. The molecule has 0 saturated heterocycles. The van der Waals surface area contributed by atoms with Gasteiger partial charge in [0, 0.05) is 12.0 Å². The maximum atomic E-state index is 11.8. The van der Waals surface area contributed by atoms with Crippen molar-refractivity contribution in [1.82, 2.24) is 5.32 Å². The minimum atomic E-state index is -0.257. The zero-order valence-corrected chi connectivity index (χ0v) is 10.7. The summed E-state index contributed by atoms with van der Waals surface area (Å²) in [7, 11) is 1.46. The molecule has 0 heterocycles. The highest BCUT2D eigenvalue weighted by Crippen LogP contribution is 2.52. The second-order valence-electron chi connectivity index (χ2n) is 5.45. The van der Waals surface area contributed by atoms with Gasteiger partial charge in [-0.1, -0.05) is 6.92 Å². The summed E-state index contributed by atoms with van der Waals surface area (Å²) >= 11 is 0. The quantitative estimate of drug-likeness (QED) is 0.764. The van der Waals surface area contributed by atoms with Crippen LogP contribution in [0.15, 0.2) is 0 Å². The van der Waals surface area contributed by atoms with Crippen LogP contribution in [0.25, 0.3) is 0 Å².